The second-order valence-electron chi connectivity index (χ2n) is 6.16. The van der Waals surface area contributed by atoms with E-state index in [1.165, 1.54) is 0 Å². The van der Waals surface area contributed by atoms with Crippen LogP contribution in [0.1, 0.15) is 15.9 Å². The monoisotopic (exact) mass is 353 g/mol. The van der Waals surface area contributed by atoms with Gasteiger partial charge in [0.2, 0.25) is 0 Å². The van der Waals surface area contributed by atoms with Gasteiger partial charge < -0.3 is 14.8 Å². The van der Waals surface area contributed by atoms with Gasteiger partial charge in [0.25, 0.3) is 5.91 Å². The highest BCUT2D eigenvalue weighted by molar-refractivity contribution is 5.95. The lowest BCUT2D eigenvalue weighted by Crippen LogP contribution is -2.45. The fraction of sp³-hybridized carbons (Fsp3) is 0.278. The molecule has 1 fully saturated rings. The van der Waals surface area contributed by atoms with Gasteiger partial charge in [0.15, 0.2) is 5.75 Å². The summed E-state index contributed by atoms with van der Waals surface area (Å²) in [5.41, 5.74) is 2.50. The second kappa shape index (κ2) is 7.01. The minimum absolute atomic E-state index is 0.156. The number of aromatic amines is 1. The van der Waals surface area contributed by atoms with E-state index in [1.807, 2.05) is 31.3 Å². The number of benzene rings is 1. The molecule has 26 heavy (non-hydrogen) atoms. The predicted molar refractivity (Wildman–Crippen MR) is 93.4 cm³/mol. The average Bonchev–Trinajstić information content (AvgIpc) is 3.39. The number of carbonyl (C=O) groups is 1. The third-order valence-corrected chi connectivity index (χ3v) is 4.32. The van der Waals surface area contributed by atoms with Crippen molar-refractivity contribution in [3.05, 3.63) is 60.2 Å². The van der Waals surface area contributed by atoms with Crippen molar-refractivity contribution >= 4 is 5.91 Å². The van der Waals surface area contributed by atoms with Gasteiger partial charge in [-0.05, 0) is 36.8 Å². The quantitative estimate of drug-likeness (QED) is 0.725. The maximum atomic E-state index is 12.6. The van der Waals surface area contributed by atoms with Crippen LogP contribution < -0.4 is 10.1 Å². The lowest BCUT2D eigenvalue weighted by atomic mass is 10.1. The minimum atomic E-state index is -0.249. The van der Waals surface area contributed by atoms with Crippen molar-refractivity contribution in [2.45, 2.75) is 19.1 Å². The van der Waals surface area contributed by atoms with Crippen molar-refractivity contribution in [3.63, 3.8) is 0 Å². The zero-order valence-electron chi connectivity index (χ0n) is 14.3. The van der Waals surface area contributed by atoms with E-state index in [0.717, 1.165) is 11.3 Å². The Balaban J connectivity index is 1.45. The van der Waals surface area contributed by atoms with E-state index < -0.39 is 0 Å². The molecule has 8 nitrogen and oxygen atoms in total. The van der Waals surface area contributed by atoms with Crippen LogP contribution in [0.25, 0.3) is 5.69 Å². The highest BCUT2D eigenvalue weighted by atomic mass is 16.5. The first-order valence-electron chi connectivity index (χ1n) is 8.35. The van der Waals surface area contributed by atoms with Crippen LogP contribution in [-0.4, -0.2) is 51.2 Å². The molecule has 0 saturated carbocycles. The Labute approximate surface area is 150 Å². The molecule has 3 aromatic rings. The largest absolute Gasteiger partial charge is 0.482 e. The Kier molecular flexibility index (Phi) is 4.40. The molecule has 2 aromatic heterocycles. The summed E-state index contributed by atoms with van der Waals surface area (Å²) in [6, 6.07) is 7.18. The highest BCUT2D eigenvalue weighted by Gasteiger charge is 2.32. The summed E-state index contributed by atoms with van der Waals surface area (Å²) in [4.78, 5) is 12.6. The molecule has 1 aliphatic rings. The third-order valence-electron chi connectivity index (χ3n) is 4.32. The third kappa shape index (κ3) is 3.31. The molecule has 0 radical (unpaired) electrons. The molecule has 1 saturated heterocycles. The molecule has 8 heteroatoms. The molecule has 0 bridgehead atoms. The number of amides is 1. The summed E-state index contributed by atoms with van der Waals surface area (Å²) in [7, 11) is 0. The van der Waals surface area contributed by atoms with Crippen molar-refractivity contribution in [2.24, 2.45) is 0 Å². The zero-order valence-corrected chi connectivity index (χ0v) is 14.3. The zero-order chi connectivity index (χ0) is 17.9. The number of aromatic nitrogens is 4. The van der Waals surface area contributed by atoms with Gasteiger partial charge in [0.05, 0.1) is 37.3 Å². The Morgan fingerprint density at radius 3 is 3.08 bits per heavy atom. The number of hydrogen-bond donors (Lipinski definition) is 2. The van der Waals surface area contributed by atoms with Gasteiger partial charge in [0.1, 0.15) is 6.10 Å². The van der Waals surface area contributed by atoms with E-state index in [2.05, 4.69) is 20.6 Å². The Hall–Kier alpha value is -3.13. The first-order valence-corrected chi connectivity index (χ1v) is 8.35. The van der Waals surface area contributed by atoms with Gasteiger partial charge in [-0.15, -0.1) is 0 Å². The lowest BCUT2D eigenvalue weighted by Gasteiger charge is -2.20. The SMILES string of the molecule is Cc1cc(C(=O)N[C@H]2COC[C@H]2Oc2cn[nH]c2)ccc1-n1cccn1. The summed E-state index contributed by atoms with van der Waals surface area (Å²) >= 11 is 0. The summed E-state index contributed by atoms with van der Waals surface area (Å²) in [5.74, 6) is 0.468. The summed E-state index contributed by atoms with van der Waals surface area (Å²) in [6.07, 6.45) is 6.60. The van der Waals surface area contributed by atoms with Crippen LogP contribution in [0.5, 0.6) is 5.75 Å². The van der Waals surface area contributed by atoms with E-state index in [1.54, 1.807) is 29.3 Å². The van der Waals surface area contributed by atoms with Crippen LogP contribution in [0.15, 0.2) is 49.1 Å². The smallest absolute Gasteiger partial charge is 0.251 e. The van der Waals surface area contributed by atoms with Crippen LogP contribution >= 0.6 is 0 Å². The van der Waals surface area contributed by atoms with E-state index in [9.17, 15) is 4.79 Å². The van der Waals surface area contributed by atoms with Crippen LogP contribution in [0.4, 0.5) is 0 Å². The minimum Gasteiger partial charge on any atom is -0.482 e. The van der Waals surface area contributed by atoms with Gasteiger partial charge in [-0.3, -0.25) is 9.89 Å². The first kappa shape index (κ1) is 16.3. The summed E-state index contributed by atoms with van der Waals surface area (Å²) in [5, 5.41) is 13.8. The van der Waals surface area contributed by atoms with Gasteiger partial charge >= 0.3 is 0 Å². The van der Waals surface area contributed by atoms with Crippen molar-refractivity contribution < 1.29 is 14.3 Å². The standard InChI is InChI=1S/C18H19N5O3/c1-12-7-13(3-4-16(12)23-6-2-5-21-23)18(24)22-15-10-25-11-17(15)26-14-8-19-20-9-14/h2-9,15,17H,10-11H2,1H3,(H,19,20)(H,22,24)/t15-,17+/m0/s1. The molecule has 1 amide bonds. The topological polar surface area (TPSA) is 94.1 Å². The lowest BCUT2D eigenvalue weighted by molar-refractivity contribution is 0.0904. The molecule has 0 spiro atoms. The molecular weight excluding hydrogens is 334 g/mol. The average molecular weight is 353 g/mol. The van der Waals surface area contributed by atoms with Crippen molar-refractivity contribution in [1.82, 2.24) is 25.3 Å². The van der Waals surface area contributed by atoms with E-state index in [-0.39, 0.29) is 18.1 Å². The number of carbonyl (C=O) groups excluding carboxylic acids is 1. The van der Waals surface area contributed by atoms with Crippen LogP contribution in [0.3, 0.4) is 0 Å². The summed E-state index contributed by atoms with van der Waals surface area (Å²) < 4.78 is 13.1. The van der Waals surface area contributed by atoms with E-state index >= 15 is 0 Å². The number of nitrogens with zero attached hydrogens (tertiary/aromatic N) is 3. The predicted octanol–water partition coefficient (Wildman–Crippen LogP) is 1.48. The van der Waals surface area contributed by atoms with Gasteiger partial charge in [-0.25, -0.2) is 4.68 Å². The number of ether oxygens (including phenoxy) is 2. The second-order valence-corrected chi connectivity index (χ2v) is 6.16. The Bertz CT molecular complexity index is 876. The molecular formula is C18H19N5O3. The Morgan fingerprint density at radius 2 is 2.35 bits per heavy atom. The van der Waals surface area contributed by atoms with Crippen LogP contribution in [0.2, 0.25) is 0 Å². The number of aryl methyl sites for hydroxylation is 1. The molecule has 0 unspecified atom stereocenters. The molecule has 0 aliphatic carbocycles. The number of rotatable bonds is 5. The maximum Gasteiger partial charge on any atom is 0.251 e. The van der Waals surface area contributed by atoms with Gasteiger partial charge in [-0.1, -0.05) is 0 Å². The van der Waals surface area contributed by atoms with E-state index in [4.69, 9.17) is 9.47 Å². The number of nitrogens with one attached hydrogen (secondary N) is 2. The molecule has 4 rings (SSSR count). The molecule has 2 atom stereocenters. The fourth-order valence-corrected chi connectivity index (χ4v) is 2.98. The first-order chi connectivity index (χ1) is 12.7. The molecule has 1 aliphatic heterocycles. The normalized spacial score (nSPS) is 19.4. The van der Waals surface area contributed by atoms with E-state index in [0.29, 0.717) is 24.5 Å². The number of H-pyrrole nitrogens is 1. The molecule has 3 heterocycles. The molecule has 134 valence electrons. The van der Waals surface area contributed by atoms with Crippen LogP contribution in [-0.2, 0) is 4.74 Å². The summed E-state index contributed by atoms with van der Waals surface area (Å²) in [6.45, 7) is 2.79. The number of hydrogen-bond acceptors (Lipinski definition) is 5. The highest BCUT2D eigenvalue weighted by Crippen LogP contribution is 2.18. The maximum absolute atomic E-state index is 12.6. The van der Waals surface area contributed by atoms with Crippen molar-refractivity contribution in [1.29, 1.82) is 0 Å². The van der Waals surface area contributed by atoms with Crippen molar-refractivity contribution in [2.75, 3.05) is 13.2 Å². The van der Waals surface area contributed by atoms with Crippen molar-refractivity contribution in [3.8, 4) is 11.4 Å². The fourth-order valence-electron chi connectivity index (χ4n) is 2.98. The molecule has 1 aromatic carbocycles. The van der Waals surface area contributed by atoms with Crippen LogP contribution in [0, 0.1) is 6.92 Å². The van der Waals surface area contributed by atoms with Gasteiger partial charge in [0, 0.05) is 18.0 Å². The van der Waals surface area contributed by atoms with Gasteiger partial charge in [-0.2, -0.15) is 10.2 Å². The molecule has 2 N–H and O–H groups in total. The Morgan fingerprint density at radius 1 is 1.42 bits per heavy atom.